The molecular formula is C22H17F2N3OS. The van der Waals surface area contributed by atoms with Crippen molar-refractivity contribution in [3.63, 3.8) is 0 Å². The van der Waals surface area contributed by atoms with Gasteiger partial charge in [0.25, 0.3) is 0 Å². The Balaban J connectivity index is 1.64. The van der Waals surface area contributed by atoms with Crippen LogP contribution in [0.3, 0.4) is 0 Å². The number of anilines is 1. The van der Waals surface area contributed by atoms with E-state index in [9.17, 15) is 13.6 Å². The van der Waals surface area contributed by atoms with Crippen molar-refractivity contribution in [3.05, 3.63) is 89.8 Å². The van der Waals surface area contributed by atoms with Crippen LogP contribution in [0.4, 0.5) is 13.9 Å². The fourth-order valence-corrected chi connectivity index (χ4v) is 4.05. The number of amides is 1. The van der Waals surface area contributed by atoms with E-state index in [2.05, 4.69) is 9.97 Å². The fourth-order valence-electron chi connectivity index (χ4n) is 3.03. The van der Waals surface area contributed by atoms with Crippen LogP contribution in [-0.2, 0) is 17.8 Å². The third-order valence-corrected chi connectivity index (χ3v) is 5.49. The summed E-state index contributed by atoms with van der Waals surface area (Å²) < 4.78 is 28.0. The molecule has 0 aliphatic heterocycles. The monoisotopic (exact) mass is 409 g/mol. The second-order valence-corrected chi connectivity index (χ2v) is 7.57. The number of halogens is 2. The van der Waals surface area contributed by atoms with Gasteiger partial charge in [0.15, 0.2) is 10.9 Å². The highest BCUT2D eigenvalue weighted by molar-refractivity contribution is 7.22. The molecule has 2 aromatic heterocycles. The van der Waals surface area contributed by atoms with Crippen molar-refractivity contribution in [1.29, 1.82) is 0 Å². The molecular weight excluding hydrogens is 392 g/mol. The highest BCUT2D eigenvalue weighted by Gasteiger charge is 2.21. The summed E-state index contributed by atoms with van der Waals surface area (Å²) >= 11 is 1.10. The lowest BCUT2D eigenvalue weighted by molar-refractivity contribution is -0.118. The maximum absolute atomic E-state index is 14.1. The Morgan fingerprint density at radius 1 is 1.03 bits per heavy atom. The van der Waals surface area contributed by atoms with Gasteiger partial charge in [-0.05, 0) is 29.7 Å². The molecule has 2 aromatic carbocycles. The third-order valence-electron chi connectivity index (χ3n) is 4.47. The summed E-state index contributed by atoms with van der Waals surface area (Å²) in [6.45, 7) is 0.255. The van der Waals surface area contributed by atoms with E-state index in [1.807, 2.05) is 36.4 Å². The maximum atomic E-state index is 14.1. The Morgan fingerprint density at radius 2 is 1.83 bits per heavy atom. The van der Waals surface area contributed by atoms with Crippen LogP contribution in [0.2, 0.25) is 0 Å². The second-order valence-electron chi connectivity index (χ2n) is 6.56. The van der Waals surface area contributed by atoms with E-state index >= 15 is 0 Å². The number of pyridine rings is 1. The molecule has 0 bridgehead atoms. The molecule has 0 atom stereocenters. The van der Waals surface area contributed by atoms with Crippen molar-refractivity contribution in [3.8, 4) is 0 Å². The minimum Gasteiger partial charge on any atom is -0.284 e. The first kappa shape index (κ1) is 19.1. The van der Waals surface area contributed by atoms with Crippen molar-refractivity contribution >= 4 is 32.6 Å². The number of thiazole rings is 1. The number of rotatable bonds is 6. The molecule has 0 aliphatic carbocycles. The summed E-state index contributed by atoms with van der Waals surface area (Å²) in [5.41, 5.74) is 1.95. The Hall–Kier alpha value is -3.19. The molecule has 29 heavy (non-hydrogen) atoms. The van der Waals surface area contributed by atoms with E-state index in [4.69, 9.17) is 0 Å². The average Bonchev–Trinajstić information content (AvgIpc) is 3.16. The minimum absolute atomic E-state index is 0.0680. The number of carbonyl (C=O) groups excluding carboxylic acids is 1. The molecule has 0 fully saturated rings. The quantitative estimate of drug-likeness (QED) is 0.443. The van der Waals surface area contributed by atoms with Gasteiger partial charge in [-0.25, -0.2) is 13.8 Å². The number of carbonyl (C=O) groups is 1. The third kappa shape index (κ3) is 4.46. The lowest BCUT2D eigenvalue weighted by Gasteiger charge is -2.20. The number of fused-ring (bicyclic) bond motifs is 1. The van der Waals surface area contributed by atoms with Crippen LogP contribution >= 0.6 is 11.3 Å². The zero-order valence-corrected chi connectivity index (χ0v) is 16.2. The molecule has 2 heterocycles. The summed E-state index contributed by atoms with van der Waals surface area (Å²) in [6.07, 6.45) is 4.18. The van der Waals surface area contributed by atoms with Gasteiger partial charge in [-0.15, -0.1) is 0 Å². The molecule has 4 rings (SSSR count). The zero-order valence-electron chi connectivity index (χ0n) is 15.4. The minimum atomic E-state index is -0.736. The number of benzene rings is 2. The molecule has 1 amide bonds. The normalized spacial score (nSPS) is 11.0. The number of aryl methyl sites for hydroxylation is 1. The lowest BCUT2D eigenvalue weighted by Crippen LogP contribution is -2.30. The number of nitrogens with zero attached hydrogens (tertiary/aromatic N) is 3. The van der Waals surface area contributed by atoms with Crippen molar-refractivity contribution in [1.82, 2.24) is 9.97 Å². The molecule has 0 radical (unpaired) electrons. The predicted molar refractivity (Wildman–Crippen MR) is 110 cm³/mol. The fraction of sp³-hybridized carbons (Fsp3) is 0.136. The second kappa shape index (κ2) is 8.45. The molecule has 0 aliphatic rings. The Labute approximate surface area is 170 Å². The van der Waals surface area contributed by atoms with Crippen LogP contribution in [0.15, 0.2) is 67.0 Å². The summed E-state index contributed by atoms with van der Waals surface area (Å²) in [7, 11) is 0. The van der Waals surface area contributed by atoms with Gasteiger partial charge in [0, 0.05) is 24.9 Å². The highest BCUT2D eigenvalue weighted by Crippen LogP contribution is 2.32. The molecule has 0 saturated carbocycles. The van der Waals surface area contributed by atoms with Crippen molar-refractivity contribution < 1.29 is 13.6 Å². The van der Waals surface area contributed by atoms with E-state index in [-0.39, 0.29) is 24.4 Å². The van der Waals surface area contributed by atoms with Gasteiger partial charge in [0.05, 0.1) is 11.2 Å². The average molecular weight is 409 g/mol. The van der Waals surface area contributed by atoms with Gasteiger partial charge >= 0.3 is 0 Å². The van der Waals surface area contributed by atoms with Crippen molar-refractivity contribution in [2.24, 2.45) is 0 Å². The first-order valence-corrected chi connectivity index (χ1v) is 9.90. The summed E-state index contributed by atoms with van der Waals surface area (Å²) in [5, 5.41) is 0.339. The zero-order chi connectivity index (χ0) is 20.2. The van der Waals surface area contributed by atoms with E-state index in [1.54, 1.807) is 18.5 Å². The van der Waals surface area contributed by atoms with Gasteiger partial charge in [0.2, 0.25) is 5.91 Å². The van der Waals surface area contributed by atoms with Gasteiger partial charge in [0.1, 0.15) is 11.3 Å². The lowest BCUT2D eigenvalue weighted by atomic mass is 10.1. The molecule has 7 heteroatoms. The SMILES string of the molecule is O=C(CCc1ccccc1)N(Cc1cccnc1)c1nc2c(F)cc(F)cc2s1. The highest BCUT2D eigenvalue weighted by atomic mass is 32.1. The first-order valence-electron chi connectivity index (χ1n) is 9.09. The Morgan fingerprint density at radius 3 is 2.59 bits per heavy atom. The maximum Gasteiger partial charge on any atom is 0.229 e. The van der Waals surface area contributed by atoms with Crippen LogP contribution in [0.25, 0.3) is 10.2 Å². The largest absolute Gasteiger partial charge is 0.284 e. The van der Waals surface area contributed by atoms with E-state index < -0.39 is 11.6 Å². The molecule has 0 N–H and O–H groups in total. The predicted octanol–water partition coefficient (Wildman–Crippen LogP) is 5.14. The standard InChI is InChI=1S/C22H17F2N3OS/c23-17-11-18(24)21-19(12-17)29-22(26-21)27(14-16-7-4-10-25-13-16)20(28)9-8-15-5-2-1-3-6-15/h1-7,10-13H,8-9,14H2. The van der Waals surface area contributed by atoms with Crippen LogP contribution in [-0.4, -0.2) is 15.9 Å². The van der Waals surface area contributed by atoms with E-state index in [0.29, 0.717) is 16.3 Å². The topological polar surface area (TPSA) is 46.1 Å². The summed E-state index contributed by atoms with van der Waals surface area (Å²) in [5.74, 6) is -1.54. The Kier molecular flexibility index (Phi) is 5.57. The van der Waals surface area contributed by atoms with Gasteiger partial charge in [-0.2, -0.15) is 0 Å². The van der Waals surface area contributed by atoms with E-state index in [0.717, 1.165) is 28.5 Å². The van der Waals surface area contributed by atoms with Crippen molar-refractivity contribution in [2.45, 2.75) is 19.4 Å². The number of aromatic nitrogens is 2. The van der Waals surface area contributed by atoms with Gasteiger partial charge in [-0.3, -0.25) is 14.7 Å². The molecule has 0 unspecified atom stereocenters. The number of hydrogen-bond donors (Lipinski definition) is 0. The molecule has 4 aromatic rings. The Bertz CT molecular complexity index is 1130. The van der Waals surface area contributed by atoms with Crippen LogP contribution < -0.4 is 4.90 Å². The van der Waals surface area contributed by atoms with Crippen LogP contribution in [0.5, 0.6) is 0 Å². The summed E-state index contributed by atoms with van der Waals surface area (Å²) in [6, 6.07) is 15.4. The molecule has 146 valence electrons. The summed E-state index contributed by atoms with van der Waals surface area (Å²) in [4.78, 5) is 22.9. The molecule has 0 spiro atoms. The van der Waals surface area contributed by atoms with Gasteiger partial charge in [-0.1, -0.05) is 47.7 Å². The van der Waals surface area contributed by atoms with Crippen LogP contribution in [0, 0.1) is 11.6 Å². The first-order chi connectivity index (χ1) is 14.1. The molecule has 0 saturated heterocycles. The number of hydrogen-bond acceptors (Lipinski definition) is 4. The molecule has 4 nitrogen and oxygen atoms in total. The van der Waals surface area contributed by atoms with Crippen LogP contribution in [0.1, 0.15) is 17.5 Å². The van der Waals surface area contributed by atoms with E-state index in [1.165, 1.54) is 11.0 Å². The smallest absolute Gasteiger partial charge is 0.229 e. The van der Waals surface area contributed by atoms with Gasteiger partial charge < -0.3 is 0 Å². The van der Waals surface area contributed by atoms with Crippen molar-refractivity contribution in [2.75, 3.05) is 4.90 Å².